The minimum absolute atomic E-state index is 0.481. The van der Waals surface area contributed by atoms with E-state index in [1.54, 1.807) is 0 Å². The minimum atomic E-state index is 0.481. The number of piperazine rings is 1. The summed E-state index contributed by atoms with van der Waals surface area (Å²) in [5.74, 6) is 1.91. The monoisotopic (exact) mass is 426 g/mol. The highest BCUT2D eigenvalue weighted by Gasteiger charge is 2.20. The standard InChI is InChI=1S/C24H38N6O/c1-5-25-24(26-12-11-20(2)28(4)18-22-9-7-6-8-10-22)30-15-13-29(14-16-30)19-23-17-21(3)31-27-23/h6-10,17,20H,5,11-16,18-19H2,1-4H3,(H,25,26). The van der Waals surface area contributed by atoms with Crippen molar-refractivity contribution in [3.63, 3.8) is 0 Å². The van der Waals surface area contributed by atoms with E-state index in [0.29, 0.717) is 6.04 Å². The summed E-state index contributed by atoms with van der Waals surface area (Å²) in [6, 6.07) is 13.2. The van der Waals surface area contributed by atoms with E-state index in [1.165, 1.54) is 5.56 Å². The molecule has 31 heavy (non-hydrogen) atoms. The van der Waals surface area contributed by atoms with Gasteiger partial charge in [0.2, 0.25) is 0 Å². The Balaban J connectivity index is 1.45. The lowest BCUT2D eigenvalue weighted by atomic mass is 10.1. The number of nitrogens with one attached hydrogen (secondary N) is 1. The van der Waals surface area contributed by atoms with Crippen molar-refractivity contribution in [1.82, 2.24) is 25.2 Å². The Hall–Kier alpha value is -2.38. The van der Waals surface area contributed by atoms with E-state index in [4.69, 9.17) is 9.52 Å². The molecule has 2 aromatic rings. The van der Waals surface area contributed by atoms with Gasteiger partial charge in [0.1, 0.15) is 5.76 Å². The zero-order valence-electron chi connectivity index (χ0n) is 19.5. The van der Waals surface area contributed by atoms with Crippen molar-refractivity contribution in [2.75, 3.05) is 46.3 Å². The lowest BCUT2D eigenvalue weighted by Crippen LogP contribution is -2.52. The molecule has 0 spiro atoms. The van der Waals surface area contributed by atoms with Crippen LogP contribution >= 0.6 is 0 Å². The largest absolute Gasteiger partial charge is 0.361 e. The third kappa shape index (κ3) is 7.36. The second-order valence-corrected chi connectivity index (χ2v) is 8.47. The summed E-state index contributed by atoms with van der Waals surface area (Å²) in [5.41, 5.74) is 2.37. The molecule has 1 atom stereocenters. The SMILES string of the molecule is CCNC(=NCCC(C)N(C)Cc1ccccc1)N1CCN(Cc2cc(C)on2)CC1. The number of hydrogen-bond acceptors (Lipinski definition) is 5. The number of benzene rings is 1. The summed E-state index contributed by atoms with van der Waals surface area (Å²) in [6.45, 7) is 13.9. The van der Waals surface area contributed by atoms with E-state index in [-0.39, 0.29) is 0 Å². The Bertz CT molecular complexity index is 797. The number of nitrogens with zero attached hydrogens (tertiary/aromatic N) is 5. The molecule has 1 saturated heterocycles. The summed E-state index contributed by atoms with van der Waals surface area (Å²) in [5, 5.41) is 7.60. The van der Waals surface area contributed by atoms with Crippen LogP contribution in [0.5, 0.6) is 0 Å². The fourth-order valence-corrected chi connectivity index (χ4v) is 3.87. The van der Waals surface area contributed by atoms with Crippen molar-refractivity contribution in [3.8, 4) is 0 Å². The molecular formula is C24H38N6O. The summed E-state index contributed by atoms with van der Waals surface area (Å²) < 4.78 is 5.19. The first-order chi connectivity index (χ1) is 15.0. The van der Waals surface area contributed by atoms with E-state index in [1.807, 2.05) is 13.0 Å². The average molecular weight is 427 g/mol. The molecule has 1 aromatic heterocycles. The van der Waals surface area contributed by atoms with Gasteiger partial charge in [-0.3, -0.25) is 14.8 Å². The summed E-state index contributed by atoms with van der Waals surface area (Å²) in [4.78, 5) is 12.2. The molecule has 7 nitrogen and oxygen atoms in total. The fourth-order valence-electron chi connectivity index (χ4n) is 3.87. The smallest absolute Gasteiger partial charge is 0.194 e. The molecule has 1 aromatic carbocycles. The highest BCUT2D eigenvalue weighted by Crippen LogP contribution is 2.11. The van der Waals surface area contributed by atoms with Crippen LogP contribution in [0.2, 0.25) is 0 Å². The van der Waals surface area contributed by atoms with Crippen LogP contribution < -0.4 is 5.32 Å². The molecule has 1 unspecified atom stereocenters. The fraction of sp³-hybridized carbons (Fsp3) is 0.583. The zero-order valence-corrected chi connectivity index (χ0v) is 19.5. The predicted octanol–water partition coefficient (Wildman–Crippen LogP) is 2.98. The second-order valence-electron chi connectivity index (χ2n) is 8.47. The van der Waals surface area contributed by atoms with Crippen molar-refractivity contribution in [2.45, 2.75) is 46.3 Å². The van der Waals surface area contributed by atoms with E-state index in [2.05, 4.69) is 76.4 Å². The maximum atomic E-state index is 5.19. The molecule has 2 heterocycles. The number of aromatic nitrogens is 1. The van der Waals surface area contributed by atoms with Gasteiger partial charge in [-0.05, 0) is 39.8 Å². The number of hydrogen-bond donors (Lipinski definition) is 1. The first-order valence-corrected chi connectivity index (χ1v) is 11.5. The van der Waals surface area contributed by atoms with Crippen LogP contribution in [0.4, 0.5) is 0 Å². The third-order valence-corrected chi connectivity index (χ3v) is 5.90. The minimum Gasteiger partial charge on any atom is -0.361 e. The number of aliphatic imine (C=N–C) groups is 1. The molecule has 0 aliphatic carbocycles. The molecule has 1 fully saturated rings. The molecule has 0 radical (unpaired) electrons. The molecule has 170 valence electrons. The van der Waals surface area contributed by atoms with Crippen LogP contribution in [0.1, 0.15) is 37.3 Å². The van der Waals surface area contributed by atoms with Gasteiger partial charge in [-0.1, -0.05) is 35.5 Å². The zero-order chi connectivity index (χ0) is 22.1. The van der Waals surface area contributed by atoms with Crippen LogP contribution in [0.15, 0.2) is 45.9 Å². The van der Waals surface area contributed by atoms with Gasteiger partial charge in [0.15, 0.2) is 5.96 Å². The second kappa shape index (κ2) is 11.9. The van der Waals surface area contributed by atoms with Crippen LogP contribution in [0, 0.1) is 6.92 Å². The number of rotatable bonds is 9. The summed E-state index contributed by atoms with van der Waals surface area (Å²) in [6.07, 6.45) is 1.05. The van der Waals surface area contributed by atoms with Gasteiger partial charge in [0, 0.05) is 64.5 Å². The molecule has 0 saturated carbocycles. The molecule has 1 aliphatic rings. The predicted molar refractivity (Wildman–Crippen MR) is 126 cm³/mol. The lowest BCUT2D eigenvalue weighted by molar-refractivity contribution is 0.168. The Morgan fingerprint density at radius 3 is 2.61 bits per heavy atom. The van der Waals surface area contributed by atoms with Gasteiger partial charge < -0.3 is 14.7 Å². The molecule has 0 amide bonds. The topological polar surface area (TPSA) is 60.1 Å². The van der Waals surface area contributed by atoms with Crippen molar-refractivity contribution in [3.05, 3.63) is 53.4 Å². The molecular weight excluding hydrogens is 388 g/mol. The van der Waals surface area contributed by atoms with Crippen LogP contribution in [0.25, 0.3) is 0 Å². The van der Waals surface area contributed by atoms with Gasteiger partial charge in [-0.15, -0.1) is 0 Å². The van der Waals surface area contributed by atoms with E-state index >= 15 is 0 Å². The Labute approximate surface area is 187 Å². The van der Waals surface area contributed by atoms with Crippen LogP contribution in [0.3, 0.4) is 0 Å². The van der Waals surface area contributed by atoms with Crippen molar-refractivity contribution in [1.29, 1.82) is 0 Å². The van der Waals surface area contributed by atoms with Gasteiger partial charge in [-0.25, -0.2) is 0 Å². The number of guanidine groups is 1. The van der Waals surface area contributed by atoms with Gasteiger partial charge >= 0.3 is 0 Å². The molecule has 1 aliphatic heterocycles. The van der Waals surface area contributed by atoms with E-state index < -0.39 is 0 Å². The quantitative estimate of drug-likeness (QED) is 0.491. The first-order valence-electron chi connectivity index (χ1n) is 11.5. The van der Waals surface area contributed by atoms with Gasteiger partial charge in [-0.2, -0.15) is 0 Å². The maximum absolute atomic E-state index is 5.19. The Kier molecular flexibility index (Phi) is 8.91. The molecule has 0 bridgehead atoms. The van der Waals surface area contributed by atoms with E-state index in [9.17, 15) is 0 Å². The molecule has 7 heteroatoms. The van der Waals surface area contributed by atoms with Crippen molar-refractivity contribution in [2.24, 2.45) is 4.99 Å². The summed E-state index contributed by atoms with van der Waals surface area (Å²) in [7, 11) is 2.20. The van der Waals surface area contributed by atoms with Crippen molar-refractivity contribution >= 4 is 5.96 Å². The Morgan fingerprint density at radius 1 is 1.23 bits per heavy atom. The van der Waals surface area contributed by atoms with E-state index in [0.717, 1.165) is 76.2 Å². The van der Waals surface area contributed by atoms with Crippen molar-refractivity contribution < 1.29 is 4.52 Å². The normalized spacial score (nSPS) is 16.7. The first kappa shape index (κ1) is 23.3. The summed E-state index contributed by atoms with van der Waals surface area (Å²) >= 11 is 0. The highest BCUT2D eigenvalue weighted by molar-refractivity contribution is 5.80. The Morgan fingerprint density at radius 2 is 1.97 bits per heavy atom. The van der Waals surface area contributed by atoms with Crippen LogP contribution in [-0.4, -0.2) is 78.2 Å². The average Bonchev–Trinajstić information content (AvgIpc) is 3.19. The van der Waals surface area contributed by atoms with Gasteiger partial charge in [0.05, 0.1) is 5.69 Å². The third-order valence-electron chi connectivity index (χ3n) is 5.90. The van der Waals surface area contributed by atoms with Gasteiger partial charge in [0.25, 0.3) is 0 Å². The maximum Gasteiger partial charge on any atom is 0.194 e. The number of aryl methyl sites for hydroxylation is 1. The van der Waals surface area contributed by atoms with Crippen LogP contribution in [-0.2, 0) is 13.1 Å². The highest BCUT2D eigenvalue weighted by atomic mass is 16.5. The molecule has 1 N–H and O–H groups in total. The molecule has 3 rings (SSSR count). The lowest BCUT2D eigenvalue weighted by Gasteiger charge is -2.36.